The number of Topliss-reactive ketones (excluding diaryl/α,β-unsaturated/α-hetero) is 1. The van der Waals surface area contributed by atoms with Crippen molar-refractivity contribution in [1.29, 1.82) is 0 Å². The number of carbonyl (C=O) groups is 2. The Balaban J connectivity index is 1.65. The van der Waals surface area contributed by atoms with Gasteiger partial charge in [0.05, 0.1) is 13.2 Å². The Morgan fingerprint density at radius 3 is 2.83 bits per heavy atom. The summed E-state index contributed by atoms with van der Waals surface area (Å²) in [5.41, 5.74) is 0.706. The smallest absolute Gasteiger partial charge is 0.261 e. The molecule has 1 aromatic heterocycles. The van der Waals surface area contributed by atoms with E-state index in [-0.39, 0.29) is 17.3 Å². The van der Waals surface area contributed by atoms with Crippen LogP contribution in [-0.2, 0) is 11.2 Å². The third kappa shape index (κ3) is 3.73. The van der Waals surface area contributed by atoms with E-state index in [0.29, 0.717) is 50.4 Å². The van der Waals surface area contributed by atoms with E-state index in [1.807, 2.05) is 6.92 Å². The Morgan fingerprint density at radius 1 is 1.33 bits per heavy atom. The molecular weight excluding hydrogens is 310 g/mol. The lowest BCUT2D eigenvalue weighted by molar-refractivity contribution is 0.0383. The molecule has 24 heavy (non-hydrogen) atoms. The number of pyridine rings is 1. The molecule has 1 aliphatic carbocycles. The number of H-pyrrole nitrogens is 1. The molecule has 3 rings (SSSR count). The molecule has 2 aliphatic rings. The highest BCUT2D eigenvalue weighted by molar-refractivity contribution is 6.01. The Hall–Kier alpha value is -1.99. The first kappa shape index (κ1) is 16.9. The Kier molecular flexibility index (Phi) is 5.11. The minimum absolute atomic E-state index is 0.0117. The number of fused-ring (bicyclic) bond motifs is 1. The number of morpholine rings is 1. The molecule has 130 valence electrons. The first-order valence-electron chi connectivity index (χ1n) is 8.42. The van der Waals surface area contributed by atoms with Crippen molar-refractivity contribution in [3.05, 3.63) is 33.2 Å². The molecule has 0 spiro atoms. The van der Waals surface area contributed by atoms with Crippen LogP contribution in [0.4, 0.5) is 0 Å². The average molecular weight is 333 g/mol. The van der Waals surface area contributed by atoms with Crippen molar-refractivity contribution in [1.82, 2.24) is 15.2 Å². The summed E-state index contributed by atoms with van der Waals surface area (Å²) >= 11 is 0. The van der Waals surface area contributed by atoms with Gasteiger partial charge in [0.2, 0.25) is 0 Å². The molecule has 2 heterocycles. The van der Waals surface area contributed by atoms with E-state index in [2.05, 4.69) is 15.2 Å². The number of rotatable bonds is 4. The van der Waals surface area contributed by atoms with Crippen LogP contribution in [-0.4, -0.2) is 61.0 Å². The first-order chi connectivity index (χ1) is 11.5. The Morgan fingerprint density at radius 2 is 2.08 bits per heavy atom. The largest absolute Gasteiger partial charge is 0.379 e. The van der Waals surface area contributed by atoms with Crippen molar-refractivity contribution >= 4 is 11.7 Å². The average Bonchev–Trinajstić information content (AvgIpc) is 2.55. The molecule has 7 nitrogen and oxygen atoms in total. The molecule has 1 unspecified atom stereocenters. The topological polar surface area (TPSA) is 91.5 Å². The van der Waals surface area contributed by atoms with Crippen LogP contribution in [0.5, 0.6) is 0 Å². The van der Waals surface area contributed by atoms with Crippen molar-refractivity contribution in [3.63, 3.8) is 0 Å². The van der Waals surface area contributed by atoms with E-state index < -0.39 is 11.5 Å². The normalized spacial score (nSPS) is 21.4. The zero-order valence-corrected chi connectivity index (χ0v) is 13.9. The van der Waals surface area contributed by atoms with Crippen molar-refractivity contribution in [2.24, 2.45) is 5.92 Å². The highest BCUT2D eigenvalue weighted by atomic mass is 16.5. The van der Waals surface area contributed by atoms with Gasteiger partial charge in [0.15, 0.2) is 5.78 Å². The number of hydrogen-bond acceptors (Lipinski definition) is 5. The second-order valence-corrected chi connectivity index (χ2v) is 6.55. The van der Waals surface area contributed by atoms with Crippen LogP contribution in [0.2, 0.25) is 0 Å². The summed E-state index contributed by atoms with van der Waals surface area (Å²) in [7, 11) is 0. The molecular formula is C17H23N3O4. The Labute approximate surface area is 140 Å². The van der Waals surface area contributed by atoms with Gasteiger partial charge in [0, 0.05) is 43.9 Å². The van der Waals surface area contributed by atoms with Gasteiger partial charge in [-0.3, -0.25) is 19.3 Å². The highest BCUT2D eigenvalue weighted by Gasteiger charge is 2.25. The van der Waals surface area contributed by atoms with Crippen LogP contribution in [0.25, 0.3) is 0 Å². The monoisotopic (exact) mass is 333 g/mol. The first-order valence-corrected chi connectivity index (χ1v) is 8.42. The second kappa shape index (κ2) is 7.27. The number of nitrogens with zero attached hydrogens (tertiary/aromatic N) is 1. The fourth-order valence-electron chi connectivity index (χ4n) is 3.24. The number of carbonyl (C=O) groups excluding carboxylic acids is 2. The van der Waals surface area contributed by atoms with Gasteiger partial charge < -0.3 is 15.0 Å². The number of nitrogens with one attached hydrogen (secondary N) is 2. The van der Waals surface area contributed by atoms with Gasteiger partial charge >= 0.3 is 0 Å². The number of amides is 1. The van der Waals surface area contributed by atoms with Crippen LogP contribution >= 0.6 is 0 Å². The third-order valence-corrected chi connectivity index (χ3v) is 4.57. The summed E-state index contributed by atoms with van der Waals surface area (Å²) in [6.07, 6.45) is 1.12. The lowest BCUT2D eigenvalue weighted by Gasteiger charge is -2.26. The van der Waals surface area contributed by atoms with Gasteiger partial charge in [-0.05, 0) is 18.4 Å². The van der Waals surface area contributed by atoms with Gasteiger partial charge in [-0.25, -0.2) is 0 Å². The SMILES string of the molecule is CC1CC(=O)c2cc(C(=O)NCCN3CCOCC3)c(=O)[nH]c2C1. The molecule has 1 aromatic rings. The maximum Gasteiger partial charge on any atom is 0.261 e. The number of ketones is 1. The zero-order valence-electron chi connectivity index (χ0n) is 13.9. The minimum Gasteiger partial charge on any atom is -0.379 e. The molecule has 0 saturated carbocycles. The van der Waals surface area contributed by atoms with Crippen molar-refractivity contribution in [2.75, 3.05) is 39.4 Å². The van der Waals surface area contributed by atoms with Crippen LogP contribution in [0.3, 0.4) is 0 Å². The molecule has 7 heteroatoms. The molecule has 1 amide bonds. The third-order valence-electron chi connectivity index (χ3n) is 4.57. The lowest BCUT2D eigenvalue weighted by Crippen LogP contribution is -2.42. The molecule has 1 atom stereocenters. The molecule has 1 fully saturated rings. The van der Waals surface area contributed by atoms with Gasteiger partial charge in [0.1, 0.15) is 5.56 Å². The summed E-state index contributed by atoms with van der Waals surface area (Å²) in [5, 5.41) is 2.76. The minimum atomic E-state index is -0.432. The fraction of sp³-hybridized carbons (Fsp3) is 0.588. The highest BCUT2D eigenvalue weighted by Crippen LogP contribution is 2.23. The van der Waals surface area contributed by atoms with Gasteiger partial charge in [0.25, 0.3) is 11.5 Å². The van der Waals surface area contributed by atoms with Crippen molar-refractivity contribution in [3.8, 4) is 0 Å². The summed E-state index contributed by atoms with van der Waals surface area (Å²) in [6, 6.07) is 1.45. The van der Waals surface area contributed by atoms with Crippen molar-refractivity contribution in [2.45, 2.75) is 19.8 Å². The quantitative estimate of drug-likeness (QED) is 0.821. The van der Waals surface area contributed by atoms with E-state index in [0.717, 1.165) is 13.1 Å². The maximum atomic E-state index is 12.3. The fourth-order valence-corrected chi connectivity index (χ4v) is 3.24. The van der Waals surface area contributed by atoms with Gasteiger partial charge in [-0.1, -0.05) is 6.92 Å². The van der Waals surface area contributed by atoms with Crippen LogP contribution in [0, 0.1) is 5.92 Å². The summed E-state index contributed by atoms with van der Waals surface area (Å²) in [6.45, 7) is 6.27. The van der Waals surface area contributed by atoms with Crippen LogP contribution in [0.1, 0.15) is 39.8 Å². The predicted octanol–water partition coefficient (Wildman–Crippen LogP) is 0.202. The molecule has 0 radical (unpaired) electrons. The summed E-state index contributed by atoms with van der Waals surface area (Å²) in [5.74, 6) is -0.227. The van der Waals surface area contributed by atoms with Crippen LogP contribution in [0.15, 0.2) is 10.9 Å². The zero-order chi connectivity index (χ0) is 17.1. The van der Waals surface area contributed by atoms with E-state index >= 15 is 0 Å². The van der Waals surface area contributed by atoms with E-state index in [1.54, 1.807) is 0 Å². The molecule has 1 saturated heterocycles. The number of ether oxygens (including phenoxy) is 1. The molecule has 2 N–H and O–H groups in total. The standard InChI is InChI=1S/C17H23N3O4/c1-11-8-14-12(15(21)9-11)10-13(17(23)19-14)16(22)18-2-3-20-4-6-24-7-5-20/h10-11H,2-9H2,1H3,(H,18,22)(H,19,23). The molecule has 0 bridgehead atoms. The van der Waals surface area contributed by atoms with E-state index in [1.165, 1.54) is 6.07 Å². The summed E-state index contributed by atoms with van der Waals surface area (Å²) < 4.78 is 5.28. The maximum absolute atomic E-state index is 12.3. The van der Waals surface area contributed by atoms with E-state index in [4.69, 9.17) is 4.74 Å². The Bertz CT molecular complexity index is 692. The second-order valence-electron chi connectivity index (χ2n) is 6.55. The van der Waals surface area contributed by atoms with E-state index in [9.17, 15) is 14.4 Å². The van der Waals surface area contributed by atoms with Gasteiger partial charge in [-0.2, -0.15) is 0 Å². The lowest BCUT2D eigenvalue weighted by atomic mass is 9.86. The number of aromatic amines is 1. The van der Waals surface area contributed by atoms with Gasteiger partial charge in [-0.15, -0.1) is 0 Å². The predicted molar refractivity (Wildman–Crippen MR) is 88.5 cm³/mol. The van der Waals surface area contributed by atoms with Crippen molar-refractivity contribution < 1.29 is 14.3 Å². The molecule has 0 aromatic carbocycles. The number of hydrogen-bond donors (Lipinski definition) is 2. The summed E-state index contributed by atoms with van der Waals surface area (Å²) in [4.78, 5) is 41.5. The van der Waals surface area contributed by atoms with Crippen LogP contribution < -0.4 is 10.9 Å². The number of aromatic nitrogens is 1. The molecule has 1 aliphatic heterocycles.